The molecule has 0 spiro atoms. The molecule has 0 saturated heterocycles. The van der Waals surface area contributed by atoms with Crippen molar-refractivity contribution in [2.24, 2.45) is 0 Å². The van der Waals surface area contributed by atoms with Crippen LogP contribution in [0.3, 0.4) is 0 Å². The molecule has 11 aromatic carbocycles. The maximum Gasteiger partial charge on any atom is 0.256 e. The summed E-state index contributed by atoms with van der Waals surface area (Å²) in [6, 6.07) is 83.8. The third kappa shape index (κ3) is 10.6. The summed E-state index contributed by atoms with van der Waals surface area (Å²) in [5, 5.41) is 0. The molecule has 4 heterocycles. The van der Waals surface area contributed by atoms with Gasteiger partial charge < -0.3 is 19.3 Å². The maximum absolute atomic E-state index is 7.95. The molecule has 0 radical (unpaired) electrons. The van der Waals surface area contributed by atoms with E-state index in [2.05, 4.69) is 325 Å². The normalized spacial score (nSPS) is 13.7. The van der Waals surface area contributed by atoms with Gasteiger partial charge in [-0.1, -0.05) is 280 Å². The number of benzene rings is 11. The molecule has 0 bridgehead atoms. The first-order chi connectivity index (χ1) is 45.0. The van der Waals surface area contributed by atoms with Crippen LogP contribution in [-0.4, -0.2) is 13.4 Å². The average molecular weight is 1230 g/mol. The molecule has 4 aliphatic heterocycles. The SMILES string of the molecule is CCCc1ccc2c(c1)B1c3cc(-c4ccc(C(C)(C)C)cc4)ccc3N(c3ccc(-c4ccc(C(C)(C)C)cc4)cc3)c3c4c5c(c(c31)O2)N(c1ccc(-c2ccc(C(C)(C)C)cc2)cc1)c1ccc(-c2ccc(C(C)(C)C)cc2)cc1B5c1cc(CCC)ccc1O4. The van der Waals surface area contributed by atoms with E-state index in [0.29, 0.717) is 0 Å². The van der Waals surface area contributed by atoms with Crippen molar-refractivity contribution in [3.05, 3.63) is 252 Å². The number of aryl methyl sites for hydroxylation is 2. The third-order valence-electron chi connectivity index (χ3n) is 20.5. The second kappa shape index (κ2) is 22.8. The molecule has 6 heteroatoms. The Morgan fingerprint density at radius 1 is 0.298 bits per heavy atom. The average Bonchev–Trinajstić information content (AvgIpc) is 0.673. The molecule has 0 atom stereocenters. The zero-order chi connectivity index (χ0) is 65.3. The van der Waals surface area contributed by atoms with Crippen molar-refractivity contribution in [2.45, 2.75) is 144 Å². The third-order valence-corrected chi connectivity index (χ3v) is 20.5. The summed E-state index contributed by atoms with van der Waals surface area (Å²) in [4.78, 5) is 5.06. The predicted molar refractivity (Wildman–Crippen MR) is 403 cm³/mol. The highest BCUT2D eigenvalue weighted by molar-refractivity contribution is 7.02. The molecular formula is C88H86B2N2O2. The molecule has 0 amide bonds. The van der Waals surface area contributed by atoms with E-state index in [1.54, 1.807) is 0 Å². The minimum Gasteiger partial charge on any atom is -0.456 e. The first-order valence-electron chi connectivity index (χ1n) is 34.4. The van der Waals surface area contributed by atoms with Crippen molar-refractivity contribution >= 4 is 80.3 Å². The van der Waals surface area contributed by atoms with E-state index in [9.17, 15) is 0 Å². The molecule has 0 fully saturated rings. The molecule has 0 unspecified atom stereocenters. The van der Waals surface area contributed by atoms with Crippen LogP contribution in [0.2, 0.25) is 0 Å². The highest BCUT2D eigenvalue weighted by Crippen LogP contribution is 2.55. The molecule has 94 heavy (non-hydrogen) atoms. The van der Waals surface area contributed by atoms with Gasteiger partial charge in [-0.2, -0.15) is 0 Å². The summed E-state index contributed by atoms with van der Waals surface area (Å²) in [7, 11) is 0. The summed E-state index contributed by atoms with van der Waals surface area (Å²) in [5.41, 5.74) is 30.8. The Balaban J connectivity index is 1.03. The van der Waals surface area contributed by atoms with Crippen molar-refractivity contribution in [3.63, 3.8) is 0 Å². The molecule has 4 nitrogen and oxygen atoms in total. The fourth-order valence-corrected chi connectivity index (χ4v) is 15.2. The van der Waals surface area contributed by atoms with Gasteiger partial charge in [0.15, 0.2) is 0 Å². The van der Waals surface area contributed by atoms with Crippen molar-refractivity contribution < 1.29 is 9.47 Å². The van der Waals surface area contributed by atoms with Gasteiger partial charge in [-0.25, -0.2) is 0 Å². The van der Waals surface area contributed by atoms with Crippen molar-refractivity contribution in [3.8, 4) is 67.5 Å². The Morgan fingerprint density at radius 3 is 0.862 bits per heavy atom. The monoisotopic (exact) mass is 1220 g/mol. The minimum absolute atomic E-state index is 0.0245. The standard InChI is InChI=1S/C88H86B2N2O2/c1-15-17-55-19-49-77-73(51-55)89-71-53-63(61-25-39-67(40-26-61)87(9,10)11)33-47-75(71)91(69-43-29-59(30-44-69)57-21-35-65(36-22-57)85(3,4)5)81-79(89)83(93-77)82-80-84(81)94-78-50-20-56(18-16-2)52-74(78)90(80)72-54-64(62-27-41-68(42-28-62)88(12,13)14)34-48-76(72)92(82)70-45-31-60(32-46-70)58-23-37-66(38-24-58)86(6,7)8/h19-54H,15-18H2,1-14H3. The topological polar surface area (TPSA) is 24.9 Å². The summed E-state index contributed by atoms with van der Waals surface area (Å²) in [6.07, 6.45) is 4.00. The van der Waals surface area contributed by atoms with Crippen LogP contribution in [0.5, 0.6) is 23.0 Å². The molecule has 0 N–H and O–H groups in total. The minimum atomic E-state index is -0.233. The molecule has 4 aliphatic rings. The largest absolute Gasteiger partial charge is 0.456 e. The fraction of sp³-hybridized carbons (Fsp3) is 0.250. The number of rotatable bonds is 10. The number of hydrogen-bond acceptors (Lipinski definition) is 4. The van der Waals surface area contributed by atoms with Crippen LogP contribution in [0.4, 0.5) is 34.1 Å². The van der Waals surface area contributed by atoms with Crippen LogP contribution in [0.25, 0.3) is 44.5 Å². The molecule has 11 aromatic rings. The lowest BCUT2D eigenvalue weighted by Gasteiger charge is -2.47. The second-order valence-electron chi connectivity index (χ2n) is 31.1. The molecule has 466 valence electrons. The lowest BCUT2D eigenvalue weighted by molar-refractivity contribution is 0.477. The van der Waals surface area contributed by atoms with Crippen LogP contribution in [0.15, 0.2) is 218 Å². The van der Waals surface area contributed by atoms with Gasteiger partial charge in [0.1, 0.15) is 23.0 Å². The summed E-state index contributed by atoms with van der Waals surface area (Å²) in [6.45, 7) is 31.5. The van der Waals surface area contributed by atoms with Gasteiger partial charge in [0.25, 0.3) is 13.4 Å². The predicted octanol–water partition coefficient (Wildman–Crippen LogP) is 20.3. The van der Waals surface area contributed by atoms with Crippen LogP contribution < -0.4 is 52.1 Å². The van der Waals surface area contributed by atoms with Gasteiger partial charge in [0.05, 0.1) is 11.4 Å². The van der Waals surface area contributed by atoms with Gasteiger partial charge in [-0.3, -0.25) is 0 Å². The zero-order valence-corrected chi connectivity index (χ0v) is 57.5. The van der Waals surface area contributed by atoms with Gasteiger partial charge >= 0.3 is 0 Å². The summed E-state index contributed by atoms with van der Waals surface area (Å²) in [5.74, 6) is 3.48. The molecule has 15 rings (SSSR count). The van der Waals surface area contributed by atoms with Crippen LogP contribution in [0, 0.1) is 0 Å². The quantitative estimate of drug-likeness (QED) is 0.127. The van der Waals surface area contributed by atoms with Crippen LogP contribution in [-0.2, 0) is 34.5 Å². The van der Waals surface area contributed by atoms with Gasteiger partial charge in [-0.15, -0.1) is 0 Å². The van der Waals surface area contributed by atoms with Gasteiger partial charge in [0.2, 0.25) is 0 Å². The van der Waals surface area contributed by atoms with Crippen molar-refractivity contribution in [1.29, 1.82) is 0 Å². The smallest absolute Gasteiger partial charge is 0.256 e. The molecule has 0 aromatic heterocycles. The Labute approximate surface area is 559 Å². The van der Waals surface area contributed by atoms with E-state index in [0.717, 1.165) is 93.7 Å². The number of anilines is 6. The first-order valence-corrected chi connectivity index (χ1v) is 34.4. The van der Waals surface area contributed by atoms with Crippen molar-refractivity contribution in [2.75, 3.05) is 9.80 Å². The molecular weight excluding hydrogens is 1140 g/mol. The van der Waals surface area contributed by atoms with E-state index in [4.69, 9.17) is 9.47 Å². The molecule has 0 saturated carbocycles. The van der Waals surface area contributed by atoms with Crippen LogP contribution >= 0.6 is 0 Å². The van der Waals surface area contributed by atoms with Gasteiger partial charge in [0, 0.05) is 33.7 Å². The number of hydrogen-bond donors (Lipinski definition) is 0. The highest BCUT2D eigenvalue weighted by Gasteiger charge is 2.52. The van der Waals surface area contributed by atoms with Crippen molar-refractivity contribution in [1.82, 2.24) is 0 Å². The Bertz CT molecular complexity index is 4440. The Kier molecular flexibility index (Phi) is 14.8. The molecule has 0 aliphatic carbocycles. The van der Waals surface area contributed by atoms with Crippen LogP contribution in [0.1, 0.15) is 143 Å². The summed E-state index contributed by atoms with van der Waals surface area (Å²) < 4.78 is 15.9. The van der Waals surface area contributed by atoms with Gasteiger partial charge in [-0.05, 0) is 183 Å². The zero-order valence-electron chi connectivity index (χ0n) is 57.5. The lowest BCUT2D eigenvalue weighted by Crippen LogP contribution is -2.64. The highest BCUT2D eigenvalue weighted by atomic mass is 16.5. The number of ether oxygens (including phenoxy) is 2. The first kappa shape index (κ1) is 61.0. The lowest BCUT2D eigenvalue weighted by atomic mass is 9.31. The van der Waals surface area contributed by atoms with E-state index < -0.39 is 0 Å². The second-order valence-corrected chi connectivity index (χ2v) is 31.1. The number of nitrogens with zero attached hydrogens (tertiary/aromatic N) is 2. The Hall–Kier alpha value is -9.25. The van der Waals surface area contributed by atoms with E-state index in [-0.39, 0.29) is 35.1 Å². The maximum atomic E-state index is 7.95. The fourth-order valence-electron chi connectivity index (χ4n) is 15.2. The number of fused-ring (bicyclic) bond motifs is 10. The van der Waals surface area contributed by atoms with E-state index >= 15 is 0 Å². The summed E-state index contributed by atoms with van der Waals surface area (Å²) >= 11 is 0. The van der Waals surface area contributed by atoms with E-state index in [1.807, 2.05) is 0 Å². The Morgan fingerprint density at radius 2 is 0.574 bits per heavy atom. The van der Waals surface area contributed by atoms with E-state index in [1.165, 1.54) is 99.7 Å².